The van der Waals surface area contributed by atoms with E-state index in [1.54, 1.807) is 30.9 Å². The lowest BCUT2D eigenvalue weighted by Gasteiger charge is -2.25. The summed E-state index contributed by atoms with van der Waals surface area (Å²) in [7, 11) is 3.14. The lowest BCUT2D eigenvalue weighted by atomic mass is 9.98. The van der Waals surface area contributed by atoms with Crippen molar-refractivity contribution in [1.82, 2.24) is 4.90 Å². The normalized spacial score (nSPS) is 14.8. The lowest BCUT2D eigenvalue weighted by molar-refractivity contribution is 0.0730. The van der Waals surface area contributed by atoms with Crippen LogP contribution in [-0.4, -0.2) is 37.8 Å². The third-order valence-electron chi connectivity index (χ3n) is 6.45. The first-order valence-electron chi connectivity index (χ1n) is 11.4. The molecule has 0 spiro atoms. The number of hydrogen-bond acceptors (Lipinski definition) is 6. The summed E-state index contributed by atoms with van der Waals surface area (Å²) >= 11 is 1.60. The molecule has 1 unspecified atom stereocenters. The smallest absolute Gasteiger partial charge is 0.290 e. The van der Waals surface area contributed by atoms with Crippen LogP contribution in [0.15, 0.2) is 74.8 Å². The number of hydrogen-bond donors (Lipinski definition) is 0. The van der Waals surface area contributed by atoms with Gasteiger partial charge in [0.15, 0.2) is 16.9 Å². The molecule has 2 heterocycles. The quantitative estimate of drug-likeness (QED) is 0.311. The molecule has 0 radical (unpaired) electrons. The molecule has 0 fully saturated rings. The molecular weight excluding hydrogens is 481 g/mol. The number of thioether (sulfide) groups is 1. The van der Waals surface area contributed by atoms with Crippen LogP contribution in [0, 0.1) is 5.82 Å². The van der Waals surface area contributed by atoms with Gasteiger partial charge in [-0.2, -0.15) is 0 Å². The highest BCUT2D eigenvalue weighted by Crippen LogP contribution is 2.39. The first-order chi connectivity index (χ1) is 17.4. The minimum absolute atomic E-state index is 0.00497. The van der Waals surface area contributed by atoms with Crippen LogP contribution in [-0.2, 0) is 6.42 Å². The number of nitrogens with zero attached hydrogens (tertiary/aromatic N) is 1. The van der Waals surface area contributed by atoms with Crippen LogP contribution in [0.1, 0.15) is 33.3 Å². The van der Waals surface area contributed by atoms with Crippen LogP contribution in [0.25, 0.3) is 11.0 Å². The molecule has 4 aromatic rings. The van der Waals surface area contributed by atoms with E-state index < -0.39 is 17.3 Å². The van der Waals surface area contributed by atoms with E-state index in [1.165, 1.54) is 12.1 Å². The SMILES string of the molecule is COc1ccc(CCN2C(=O)c3oc4ccc(F)cc4c(=O)c3C2c2ccc(SC)cc2)cc1OC. The van der Waals surface area contributed by atoms with E-state index in [4.69, 9.17) is 13.9 Å². The molecule has 0 saturated carbocycles. The van der Waals surface area contributed by atoms with Crippen molar-refractivity contribution in [2.45, 2.75) is 17.4 Å². The highest BCUT2D eigenvalue weighted by Gasteiger charge is 2.42. The number of halogens is 1. The Hall–Kier alpha value is -3.78. The fourth-order valence-corrected chi connectivity index (χ4v) is 5.05. The predicted molar refractivity (Wildman–Crippen MR) is 137 cm³/mol. The Morgan fingerprint density at radius 1 is 0.972 bits per heavy atom. The topological polar surface area (TPSA) is 69.0 Å². The van der Waals surface area contributed by atoms with Crippen LogP contribution in [0.2, 0.25) is 0 Å². The zero-order chi connectivity index (χ0) is 25.4. The van der Waals surface area contributed by atoms with Gasteiger partial charge in [-0.15, -0.1) is 11.8 Å². The van der Waals surface area contributed by atoms with E-state index in [0.29, 0.717) is 24.5 Å². The largest absolute Gasteiger partial charge is 0.493 e. The number of amides is 1. The fourth-order valence-electron chi connectivity index (χ4n) is 4.64. The number of rotatable bonds is 7. The van der Waals surface area contributed by atoms with Crippen LogP contribution >= 0.6 is 11.8 Å². The highest BCUT2D eigenvalue weighted by molar-refractivity contribution is 7.98. The van der Waals surface area contributed by atoms with E-state index >= 15 is 0 Å². The van der Waals surface area contributed by atoms with Gasteiger partial charge in [-0.1, -0.05) is 18.2 Å². The summed E-state index contributed by atoms with van der Waals surface area (Å²) in [4.78, 5) is 29.9. The van der Waals surface area contributed by atoms with E-state index in [1.807, 2.05) is 48.7 Å². The predicted octanol–water partition coefficient (Wildman–Crippen LogP) is 5.46. The molecule has 8 heteroatoms. The molecule has 184 valence electrons. The molecule has 0 N–H and O–H groups in total. The lowest BCUT2D eigenvalue weighted by Crippen LogP contribution is -2.31. The van der Waals surface area contributed by atoms with Gasteiger partial charge < -0.3 is 18.8 Å². The molecule has 1 aromatic heterocycles. The standard InChI is InChI=1S/C28H24FNO5S/c1-33-22-10-4-16(14-23(22)34-2)12-13-30-25(17-5-8-19(36-3)9-6-17)24-26(31)20-15-18(29)7-11-21(20)35-27(24)28(30)32/h4-11,14-15,25H,12-13H2,1-3H3. The highest BCUT2D eigenvalue weighted by atomic mass is 32.2. The summed E-state index contributed by atoms with van der Waals surface area (Å²) in [6.45, 7) is 0.331. The van der Waals surface area contributed by atoms with Gasteiger partial charge in [0.25, 0.3) is 5.91 Å². The zero-order valence-electron chi connectivity index (χ0n) is 20.0. The third-order valence-corrected chi connectivity index (χ3v) is 7.19. The van der Waals surface area contributed by atoms with Gasteiger partial charge in [0, 0.05) is 11.4 Å². The summed E-state index contributed by atoms with van der Waals surface area (Å²) in [5.41, 5.74) is 1.76. The third kappa shape index (κ3) is 4.11. The molecule has 36 heavy (non-hydrogen) atoms. The molecule has 1 atom stereocenters. The first-order valence-corrected chi connectivity index (χ1v) is 12.6. The average Bonchev–Trinajstić information content (AvgIpc) is 3.19. The molecule has 0 aliphatic carbocycles. The molecule has 6 nitrogen and oxygen atoms in total. The van der Waals surface area contributed by atoms with Crippen molar-refractivity contribution in [3.8, 4) is 11.5 Å². The number of carbonyl (C=O) groups is 1. The molecular formula is C28H24FNO5S. The molecule has 5 rings (SSSR count). The first kappa shape index (κ1) is 23.9. The van der Waals surface area contributed by atoms with Crippen molar-refractivity contribution in [3.05, 3.63) is 99.2 Å². The van der Waals surface area contributed by atoms with Gasteiger partial charge in [-0.05, 0) is 66.3 Å². The molecule has 1 aliphatic heterocycles. The van der Waals surface area contributed by atoms with Crippen molar-refractivity contribution in [2.75, 3.05) is 27.0 Å². The fraction of sp³-hybridized carbons (Fsp3) is 0.214. The number of benzene rings is 3. The Balaban J connectivity index is 1.58. The van der Waals surface area contributed by atoms with E-state index in [-0.39, 0.29) is 28.2 Å². The van der Waals surface area contributed by atoms with E-state index in [0.717, 1.165) is 22.1 Å². The number of fused-ring (bicyclic) bond motifs is 2. The van der Waals surface area contributed by atoms with Gasteiger partial charge in [-0.3, -0.25) is 9.59 Å². The number of carbonyl (C=O) groups excluding carboxylic acids is 1. The Bertz CT molecular complexity index is 1520. The van der Waals surface area contributed by atoms with Crippen LogP contribution in [0.5, 0.6) is 11.5 Å². The maximum atomic E-state index is 14.0. The second kappa shape index (κ2) is 9.70. The zero-order valence-corrected chi connectivity index (χ0v) is 20.9. The number of ether oxygens (including phenoxy) is 2. The summed E-state index contributed by atoms with van der Waals surface area (Å²) in [6, 6.07) is 16.5. The Kier molecular flexibility index (Phi) is 6.45. The summed E-state index contributed by atoms with van der Waals surface area (Å²) in [5.74, 6) is 0.315. The monoisotopic (exact) mass is 505 g/mol. The van der Waals surface area contributed by atoms with Crippen molar-refractivity contribution in [3.63, 3.8) is 0 Å². The maximum absolute atomic E-state index is 14.0. The average molecular weight is 506 g/mol. The molecule has 1 aliphatic rings. The van der Waals surface area contributed by atoms with Crippen LogP contribution in [0.3, 0.4) is 0 Å². The van der Waals surface area contributed by atoms with Gasteiger partial charge >= 0.3 is 0 Å². The minimum Gasteiger partial charge on any atom is -0.493 e. The van der Waals surface area contributed by atoms with E-state index in [2.05, 4.69) is 0 Å². The van der Waals surface area contributed by atoms with E-state index in [9.17, 15) is 14.0 Å². The molecule has 0 saturated heterocycles. The van der Waals surface area contributed by atoms with Crippen molar-refractivity contribution < 1.29 is 23.1 Å². The Morgan fingerprint density at radius 3 is 2.42 bits per heavy atom. The number of methoxy groups -OCH3 is 2. The second-order valence-electron chi connectivity index (χ2n) is 8.43. The summed E-state index contributed by atoms with van der Waals surface area (Å²) in [6.07, 6.45) is 2.50. The maximum Gasteiger partial charge on any atom is 0.290 e. The van der Waals surface area contributed by atoms with Gasteiger partial charge in [0.05, 0.1) is 31.2 Å². The molecule has 1 amide bonds. The van der Waals surface area contributed by atoms with Crippen LogP contribution < -0.4 is 14.9 Å². The van der Waals surface area contributed by atoms with Gasteiger partial charge in [0.2, 0.25) is 5.76 Å². The van der Waals surface area contributed by atoms with Crippen molar-refractivity contribution in [2.24, 2.45) is 0 Å². The minimum atomic E-state index is -0.646. The van der Waals surface area contributed by atoms with Crippen molar-refractivity contribution in [1.29, 1.82) is 0 Å². The second-order valence-corrected chi connectivity index (χ2v) is 9.31. The summed E-state index contributed by atoms with van der Waals surface area (Å²) in [5, 5.41) is 0.119. The molecule has 3 aromatic carbocycles. The van der Waals surface area contributed by atoms with Crippen LogP contribution in [0.4, 0.5) is 4.39 Å². The summed E-state index contributed by atoms with van der Waals surface area (Å²) < 4.78 is 30.6. The van der Waals surface area contributed by atoms with Gasteiger partial charge in [-0.25, -0.2) is 4.39 Å². The Morgan fingerprint density at radius 2 is 1.72 bits per heavy atom. The van der Waals surface area contributed by atoms with Crippen molar-refractivity contribution >= 4 is 28.6 Å². The molecule has 0 bridgehead atoms. The van der Waals surface area contributed by atoms with Gasteiger partial charge in [0.1, 0.15) is 11.4 Å². The Labute approximate surface area is 211 Å².